The average molecular weight is 180 g/mol. The van der Waals surface area contributed by atoms with Gasteiger partial charge < -0.3 is 11.1 Å². The van der Waals surface area contributed by atoms with Gasteiger partial charge in [-0.05, 0) is 25.0 Å². The fourth-order valence-electron chi connectivity index (χ4n) is 0.588. The van der Waals surface area contributed by atoms with Crippen molar-refractivity contribution in [1.29, 1.82) is 10.8 Å². The number of hydrogen-bond acceptors (Lipinski definition) is 2. The van der Waals surface area contributed by atoms with Crippen LogP contribution in [0.2, 0.25) is 0 Å². The maximum absolute atomic E-state index is 7.46. The van der Waals surface area contributed by atoms with Gasteiger partial charge in [0.05, 0.1) is 5.84 Å². The predicted molar refractivity (Wildman–Crippen MR) is 56.7 cm³/mol. The van der Waals surface area contributed by atoms with Crippen LogP contribution in [0.25, 0.3) is 0 Å². The largest absolute Gasteiger partial charge is 0.387 e. The fourth-order valence-corrected chi connectivity index (χ4v) is 0.588. The molecule has 0 aliphatic rings. The van der Waals surface area contributed by atoms with Crippen molar-refractivity contribution < 1.29 is 0 Å². The van der Waals surface area contributed by atoms with Crippen LogP contribution in [-0.2, 0) is 0 Å². The van der Waals surface area contributed by atoms with E-state index in [0.717, 1.165) is 0 Å². The van der Waals surface area contributed by atoms with Gasteiger partial charge in [0.1, 0.15) is 5.84 Å². The minimum absolute atomic E-state index is 0.0744. The molecule has 4 nitrogen and oxygen atoms in total. The van der Waals surface area contributed by atoms with Gasteiger partial charge in [0.15, 0.2) is 0 Å². The van der Waals surface area contributed by atoms with E-state index < -0.39 is 0 Å². The topological polar surface area (TPSA) is 86.1 Å². The number of nitrogens with zero attached hydrogens (tertiary/aromatic N) is 1. The van der Waals surface area contributed by atoms with Crippen LogP contribution in [-0.4, -0.2) is 17.4 Å². The highest BCUT2D eigenvalue weighted by Crippen LogP contribution is 1.96. The summed E-state index contributed by atoms with van der Waals surface area (Å²) in [6.07, 6.45) is 3.04. The second kappa shape index (κ2) is 5.24. The average Bonchev–Trinajstić information content (AvgIpc) is 1.98. The summed E-state index contributed by atoms with van der Waals surface area (Å²) in [4.78, 5) is 3.70. The summed E-state index contributed by atoms with van der Waals surface area (Å²) in [6, 6.07) is 0. The summed E-state index contributed by atoms with van der Waals surface area (Å²) in [5.41, 5.74) is 5.76. The van der Waals surface area contributed by atoms with Gasteiger partial charge >= 0.3 is 0 Å². The number of nitrogens with one attached hydrogen (secondary N) is 2. The van der Waals surface area contributed by atoms with Crippen LogP contribution in [0.3, 0.4) is 0 Å². The summed E-state index contributed by atoms with van der Waals surface area (Å²) in [5.74, 6) is 0.600. The molecule has 0 aliphatic heterocycles. The van der Waals surface area contributed by atoms with E-state index in [1.807, 2.05) is 13.8 Å². The van der Waals surface area contributed by atoms with Crippen molar-refractivity contribution in [2.75, 3.05) is 0 Å². The van der Waals surface area contributed by atoms with Crippen molar-refractivity contribution in [3.8, 4) is 0 Å². The van der Waals surface area contributed by atoms with E-state index in [1.165, 1.54) is 6.08 Å². The Bertz CT molecular complexity index is 257. The zero-order chi connectivity index (χ0) is 10.4. The molecule has 0 rings (SSSR count). The SMILES string of the molecule is CC(N)=NC(=N)/C=C\C(=N)C(C)C. The molecule has 0 aliphatic carbocycles. The van der Waals surface area contributed by atoms with Gasteiger partial charge in [-0.15, -0.1) is 0 Å². The third kappa shape index (κ3) is 5.78. The summed E-state index contributed by atoms with van der Waals surface area (Å²) < 4.78 is 0. The first-order valence-corrected chi connectivity index (χ1v) is 4.09. The Balaban J connectivity index is 4.22. The molecule has 0 saturated carbocycles. The van der Waals surface area contributed by atoms with Crippen molar-refractivity contribution in [3.05, 3.63) is 12.2 Å². The number of nitrogens with two attached hydrogens (primary N) is 1. The molecule has 0 amide bonds. The van der Waals surface area contributed by atoms with E-state index in [2.05, 4.69) is 4.99 Å². The minimum atomic E-state index is 0.0744. The molecular formula is C9H16N4. The molecule has 0 atom stereocenters. The van der Waals surface area contributed by atoms with Gasteiger partial charge in [0.2, 0.25) is 0 Å². The molecule has 0 spiro atoms. The van der Waals surface area contributed by atoms with Crippen molar-refractivity contribution in [1.82, 2.24) is 0 Å². The summed E-state index contributed by atoms with van der Waals surface area (Å²) in [6.45, 7) is 5.47. The lowest BCUT2D eigenvalue weighted by Crippen LogP contribution is -2.08. The summed E-state index contributed by atoms with van der Waals surface area (Å²) in [5, 5.41) is 14.8. The van der Waals surface area contributed by atoms with Crippen molar-refractivity contribution >= 4 is 17.4 Å². The van der Waals surface area contributed by atoms with Gasteiger partial charge in [0.25, 0.3) is 0 Å². The lowest BCUT2D eigenvalue weighted by molar-refractivity contribution is 0.882. The van der Waals surface area contributed by atoms with E-state index in [0.29, 0.717) is 11.5 Å². The highest BCUT2D eigenvalue weighted by molar-refractivity contribution is 6.04. The van der Waals surface area contributed by atoms with Crippen LogP contribution in [0.1, 0.15) is 20.8 Å². The normalized spacial score (nSPS) is 12.5. The molecule has 0 aromatic rings. The van der Waals surface area contributed by atoms with E-state index in [-0.39, 0.29) is 11.8 Å². The predicted octanol–water partition coefficient (Wildman–Crippen LogP) is 1.57. The van der Waals surface area contributed by atoms with Gasteiger partial charge in [-0.2, -0.15) is 0 Å². The minimum Gasteiger partial charge on any atom is -0.387 e. The maximum Gasteiger partial charge on any atom is 0.146 e. The van der Waals surface area contributed by atoms with Crippen LogP contribution >= 0.6 is 0 Å². The van der Waals surface area contributed by atoms with Gasteiger partial charge in [-0.1, -0.05) is 13.8 Å². The Morgan fingerprint density at radius 3 is 2.23 bits per heavy atom. The third-order valence-electron chi connectivity index (χ3n) is 1.34. The van der Waals surface area contributed by atoms with Crippen LogP contribution in [0, 0.1) is 16.7 Å². The Labute approximate surface area is 78.6 Å². The maximum atomic E-state index is 7.46. The molecule has 0 heterocycles. The molecule has 0 fully saturated rings. The molecule has 0 aromatic carbocycles. The van der Waals surface area contributed by atoms with Crippen LogP contribution < -0.4 is 5.73 Å². The van der Waals surface area contributed by atoms with Crippen molar-refractivity contribution in [3.63, 3.8) is 0 Å². The smallest absolute Gasteiger partial charge is 0.146 e. The van der Waals surface area contributed by atoms with Crippen molar-refractivity contribution in [2.45, 2.75) is 20.8 Å². The monoisotopic (exact) mass is 180 g/mol. The molecule has 0 radical (unpaired) electrons. The number of rotatable bonds is 3. The zero-order valence-corrected chi connectivity index (χ0v) is 8.26. The van der Waals surface area contributed by atoms with E-state index >= 15 is 0 Å². The van der Waals surface area contributed by atoms with Gasteiger partial charge in [-0.3, -0.25) is 5.41 Å². The third-order valence-corrected chi connectivity index (χ3v) is 1.34. The molecule has 72 valence electrons. The van der Waals surface area contributed by atoms with Gasteiger partial charge in [-0.25, -0.2) is 4.99 Å². The van der Waals surface area contributed by atoms with E-state index in [1.54, 1.807) is 13.0 Å². The molecule has 0 bridgehead atoms. The number of amidine groups is 2. The van der Waals surface area contributed by atoms with Crippen LogP contribution in [0.5, 0.6) is 0 Å². The highest BCUT2D eigenvalue weighted by atomic mass is 14.9. The Morgan fingerprint density at radius 1 is 1.31 bits per heavy atom. The molecular weight excluding hydrogens is 164 g/mol. The molecule has 4 heteroatoms. The van der Waals surface area contributed by atoms with Crippen LogP contribution in [0.4, 0.5) is 0 Å². The van der Waals surface area contributed by atoms with Crippen molar-refractivity contribution in [2.24, 2.45) is 16.6 Å². The number of hydrogen-bond donors (Lipinski definition) is 3. The fraction of sp³-hybridized carbons (Fsp3) is 0.444. The molecule has 0 saturated heterocycles. The highest BCUT2D eigenvalue weighted by Gasteiger charge is 1.97. The molecule has 0 unspecified atom stereocenters. The molecule has 4 N–H and O–H groups in total. The first kappa shape index (κ1) is 11.6. The quantitative estimate of drug-likeness (QED) is 0.447. The molecule has 0 aromatic heterocycles. The Kier molecular flexibility index (Phi) is 4.66. The zero-order valence-electron chi connectivity index (χ0n) is 8.26. The number of aliphatic imine (C=N–C) groups is 1. The van der Waals surface area contributed by atoms with Crippen LogP contribution in [0.15, 0.2) is 17.1 Å². The lowest BCUT2D eigenvalue weighted by atomic mass is 10.1. The Morgan fingerprint density at radius 2 is 1.85 bits per heavy atom. The first-order chi connectivity index (χ1) is 5.93. The summed E-state index contributed by atoms with van der Waals surface area (Å²) >= 11 is 0. The second-order valence-corrected chi connectivity index (χ2v) is 3.08. The second-order valence-electron chi connectivity index (χ2n) is 3.08. The standard InChI is InChI=1S/C9H16N4/c1-6(2)8(11)4-5-9(12)13-7(3)10/h4-6,11H,1-3H3,(H3,10,12,13)/b5-4-,11-8?. The number of allylic oxidation sites excluding steroid dienone is 1. The molecule has 13 heavy (non-hydrogen) atoms. The summed E-state index contributed by atoms with van der Waals surface area (Å²) in [7, 11) is 0. The van der Waals surface area contributed by atoms with E-state index in [4.69, 9.17) is 16.6 Å². The Hall–Kier alpha value is -1.45. The van der Waals surface area contributed by atoms with Gasteiger partial charge in [0, 0.05) is 5.71 Å². The first-order valence-electron chi connectivity index (χ1n) is 4.09. The van der Waals surface area contributed by atoms with E-state index in [9.17, 15) is 0 Å². The lowest BCUT2D eigenvalue weighted by Gasteiger charge is -1.99.